The predicted molar refractivity (Wildman–Crippen MR) is 137 cm³/mol. The van der Waals surface area contributed by atoms with E-state index in [-0.39, 0.29) is 5.91 Å². The number of nitrogens with zero attached hydrogens (tertiary/aromatic N) is 2. The summed E-state index contributed by atoms with van der Waals surface area (Å²) in [5.41, 5.74) is 2.30. The summed E-state index contributed by atoms with van der Waals surface area (Å²) in [7, 11) is 1.54. The lowest BCUT2D eigenvalue weighted by Crippen LogP contribution is -2.42. The van der Waals surface area contributed by atoms with Crippen molar-refractivity contribution >= 4 is 35.1 Å². The lowest BCUT2D eigenvalue weighted by atomic mass is 9.92. The van der Waals surface area contributed by atoms with E-state index in [1.54, 1.807) is 60.4 Å². The first-order valence-corrected chi connectivity index (χ1v) is 11.9. The van der Waals surface area contributed by atoms with Crippen molar-refractivity contribution in [3.8, 4) is 5.75 Å². The minimum atomic E-state index is -1.29. The summed E-state index contributed by atoms with van der Waals surface area (Å²) in [6.07, 6.45) is 0.816. The lowest BCUT2D eigenvalue weighted by Gasteiger charge is -2.22. The van der Waals surface area contributed by atoms with Crippen molar-refractivity contribution in [2.75, 3.05) is 30.4 Å². The van der Waals surface area contributed by atoms with Crippen molar-refractivity contribution in [2.24, 2.45) is 0 Å². The van der Waals surface area contributed by atoms with Crippen molar-refractivity contribution in [1.82, 2.24) is 10.2 Å². The van der Waals surface area contributed by atoms with Crippen LogP contribution in [-0.4, -0.2) is 48.9 Å². The normalized spacial score (nSPS) is 18.4. The van der Waals surface area contributed by atoms with E-state index >= 15 is 0 Å². The molecule has 2 N–H and O–H groups in total. The average Bonchev–Trinajstić information content (AvgIpc) is 3.44. The smallest absolute Gasteiger partial charge is 0.325 e. The van der Waals surface area contributed by atoms with Crippen LogP contribution in [0.2, 0.25) is 0 Å². The summed E-state index contributed by atoms with van der Waals surface area (Å²) in [5, 5.41) is 5.37. The summed E-state index contributed by atoms with van der Waals surface area (Å²) in [6.45, 7) is 1.78. The number of imide groups is 1. The van der Waals surface area contributed by atoms with Crippen LogP contribution in [-0.2, 0) is 21.5 Å². The standard InChI is InChI=1S/C28H26N4O5/c1-28(20-9-13-22(37-2)14-10-20)26(35)32(27(36)30-28)17-24(33)29-21-11-7-19(8-12-21)25(34)31-16-15-18-5-3-4-6-23(18)31/h3-14H,15-17H2,1-2H3,(H,29,33)(H,30,36). The van der Waals surface area contributed by atoms with Crippen LogP contribution < -0.4 is 20.3 Å². The number of anilines is 2. The molecule has 1 fully saturated rings. The Morgan fingerprint density at radius 1 is 1.00 bits per heavy atom. The van der Waals surface area contributed by atoms with Gasteiger partial charge in [-0.15, -0.1) is 0 Å². The van der Waals surface area contributed by atoms with Crippen LogP contribution >= 0.6 is 0 Å². The third-order valence-electron chi connectivity index (χ3n) is 6.79. The maximum absolute atomic E-state index is 13.1. The lowest BCUT2D eigenvalue weighted by molar-refractivity contribution is -0.133. The van der Waals surface area contributed by atoms with E-state index in [0.717, 1.165) is 22.6 Å². The highest BCUT2D eigenvalue weighted by Crippen LogP contribution is 2.31. The van der Waals surface area contributed by atoms with Crippen molar-refractivity contribution in [1.29, 1.82) is 0 Å². The Hall–Kier alpha value is -4.66. The molecule has 1 unspecified atom stereocenters. The van der Waals surface area contributed by atoms with E-state index in [2.05, 4.69) is 10.6 Å². The number of nitrogens with one attached hydrogen (secondary N) is 2. The van der Waals surface area contributed by atoms with Crippen LogP contribution in [0.5, 0.6) is 5.75 Å². The van der Waals surface area contributed by atoms with E-state index in [1.807, 2.05) is 24.3 Å². The van der Waals surface area contributed by atoms with Gasteiger partial charge in [-0.3, -0.25) is 19.3 Å². The number of methoxy groups -OCH3 is 1. The Morgan fingerprint density at radius 3 is 2.41 bits per heavy atom. The Morgan fingerprint density at radius 2 is 1.70 bits per heavy atom. The van der Waals surface area contributed by atoms with Gasteiger partial charge in [0.15, 0.2) is 0 Å². The monoisotopic (exact) mass is 498 g/mol. The molecule has 3 aromatic rings. The highest BCUT2D eigenvalue weighted by molar-refractivity contribution is 6.10. The molecule has 9 heteroatoms. The van der Waals surface area contributed by atoms with E-state index < -0.39 is 29.9 Å². The van der Waals surface area contributed by atoms with Gasteiger partial charge < -0.3 is 20.3 Å². The summed E-state index contributed by atoms with van der Waals surface area (Å²) in [5.74, 6) is -0.544. The molecular formula is C28H26N4O5. The van der Waals surface area contributed by atoms with Crippen LogP contribution in [0, 0.1) is 0 Å². The summed E-state index contributed by atoms with van der Waals surface area (Å²) >= 11 is 0. The van der Waals surface area contributed by atoms with E-state index in [1.165, 1.54) is 7.11 Å². The summed E-state index contributed by atoms with van der Waals surface area (Å²) in [4.78, 5) is 54.0. The molecule has 188 valence electrons. The second-order valence-corrected chi connectivity index (χ2v) is 9.14. The van der Waals surface area contributed by atoms with Crippen molar-refractivity contribution in [2.45, 2.75) is 18.9 Å². The topological polar surface area (TPSA) is 108 Å². The Balaban J connectivity index is 1.22. The third-order valence-corrected chi connectivity index (χ3v) is 6.79. The molecule has 2 heterocycles. The predicted octanol–water partition coefficient (Wildman–Crippen LogP) is 3.30. The van der Waals surface area contributed by atoms with Gasteiger partial charge in [0.25, 0.3) is 11.8 Å². The van der Waals surface area contributed by atoms with Gasteiger partial charge in [0.1, 0.15) is 17.8 Å². The fourth-order valence-corrected chi connectivity index (χ4v) is 4.71. The third kappa shape index (κ3) is 4.40. The van der Waals surface area contributed by atoms with Gasteiger partial charge in [0.2, 0.25) is 5.91 Å². The van der Waals surface area contributed by atoms with Crippen LogP contribution in [0.3, 0.4) is 0 Å². The maximum Gasteiger partial charge on any atom is 0.325 e. The quantitative estimate of drug-likeness (QED) is 0.507. The zero-order chi connectivity index (χ0) is 26.2. The molecule has 9 nitrogen and oxygen atoms in total. The molecule has 0 bridgehead atoms. The van der Waals surface area contributed by atoms with Gasteiger partial charge in [-0.2, -0.15) is 0 Å². The highest BCUT2D eigenvalue weighted by Gasteiger charge is 2.49. The molecule has 1 atom stereocenters. The molecule has 5 rings (SSSR count). The molecule has 0 radical (unpaired) electrons. The number of para-hydroxylation sites is 1. The first-order chi connectivity index (χ1) is 17.8. The van der Waals surface area contributed by atoms with E-state index in [4.69, 9.17) is 4.74 Å². The molecule has 2 aliphatic rings. The van der Waals surface area contributed by atoms with Gasteiger partial charge in [0, 0.05) is 23.5 Å². The number of hydrogen-bond acceptors (Lipinski definition) is 5. The van der Waals surface area contributed by atoms with Crippen molar-refractivity contribution in [3.05, 3.63) is 89.5 Å². The number of fused-ring (bicyclic) bond motifs is 1. The number of urea groups is 1. The van der Waals surface area contributed by atoms with Gasteiger partial charge in [-0.25, -0.2) is 4.79 Å². The van der Waals surface area contributed by atoms with Crippen LogP contribution in [0.15, 0.2) is 72.8 Å². The van der Waals surface area contributed by atoms with Gasteiger partial charge in [-0.1, -0.05) is 30.3 Å². The molecule has 1 saturated heterocycles. The van der Waals surface area contributed by atoms with Crippen molar-refractivity contribution < 1.29 is 23.9 Å². The molecule has 3 aromatic carbocycles. The number of ether oxygens (including phenoxy) is 1. The summed E-state index contributed by atoms with van der Waals surface area (Å²) in [6, 6.07) is 20.5. The maximum atomic E-state index is 13.1. The first kappa shape index (κ1) is 24.1. The average molecular weight is 499 g/mol. The van der Waals surface area contributed by atoms with Crippen molar-refractivity contribution in [3.63, 3.8) is 0 Å². The Labute approximate surface area is 214 Å². The Kier molecular flexibility index (Phi) is 6.12. The number of benzene rings is 3. The molecule has 0 saturated carbocycles. The van der Waals surface area contributed by atoms with Gasteiger partial charge in [-0.05, 0) is 66.9 Å². The van der Waals surface area contributed by atoms with Crippen LogP contribution in [0.4, 0.5) is 16.2 Å². The highest BCUT2D eigenvalue weighted by atomic mass is 16.5. The number of carbonyl (C=O) groups excluding carboxylic acids is 4. The fraction of sp³-hybridized carbons (Fsp3) is 0.214. The number of amides is 5. The van der Waals surface area contributed by atoms with Gasteiger partial charge in [0.05, 0.1) is 7.11 Å². The first-order valence-electron chi connectivity index (χ1n) is 11.9. The number of carbonyl (C=O) groups is 4. The molecule has 0 spiro atoms. The SMILES string of the molecule is COc1ccc(C2(C)NC(=O)N(CC(=O)Nc3ccc(C(=O)N4CCc5ccccc54)cc3)C2=O)cc1. The molecule has 0 aliphatic carbocycles. The van der Waals surface area contributed by atoms with E-state index in [0.29, 0.717) is 29.1 Å². The molecule has 37 heavy (non-hydrogen) atoms. The zero-order valence-electron chi connectivity index (χ0n) is 20.5. The number of hydrogen-bond donors (Lipinski definition) is 2. The second-order valence-electron chi connectivity index (χ2n) is 9.14. The van der Waals surface area contributed by atoms with Crippen LogP contribution in [0.1, 0.15) is 28.4 Å². The molecular weight excluding hydrogens is 472 g/mol. The second kappa shape index (κ2) is 9.42. The Bertz CT molecular complexity index is 1390. The van der Waals surface area contributed by atoms with Gasteiger partial charge >= 0.3 is 6.03 Å². The molecule has 0 aromatic heterocycles. The minimum Gasteiger partial charge on any atom is -0.497 e. The number of rotatable bonds is 6. The zero-order valence-corrected chi connectivity index (χ0v) is 20.5. The van der Waals surface area contributed by atoms with E-state index in [9.17, 15) is 19.2 Å². The van der Waals surface area contributed by atoms with Crippen LogP contribution in [0.25, 0.3) is 0 Å². The fourth-order valence-electron chi connectivity index (χ4n) is 4.71. The molecule has 2 aliphatic heterocycles. The molecule has 5 amide bonds. The minimum absolute atomic E-state index is 0.111. The largest absolute Gasteiger partial charge is 0.497 e. The summed E-state index contributed by atoms with van der Waals surface area (Å²) < 4.78 is 5.15.